The number of furan rings is 1. The summed E-state index contributed by atoms with van der Waals surface area (Å²) in [4.78, 5) is 22.2. The van der Waals surface area contributed by atoms with Gasteiger partial charge >= 0.3 is 5.97 Å². The molecule has 0 aliphatic heterocycles. The van der Waals surface area contributed by atoms with Crippen molar-refractivity contribution in [1.29, 1.82) is 0 Å². The van der Waals surface area contributed by atoms with Crippen LogP contribution in [-0.2, 0) is 4.79 Å². The maximum atomic E-state index is 11.8. The molecule has 0 spiro atoms. The fraction of sp³-hybridized carbons (Fsp3) is 0.143. The maximum Gasteiger partial charge on any atom is 0.341 e. The molecule has 0 atom stereocenters. The molecule has 0 bridgehead atoms. The van der Waals surface area contributed by atoms with Crippen LogP contribution >= 0.6 is 0 Å². The van der Waals surface area contributed by atoms with E-state index in [-0.39, 0.29) is 11.7 Å². The van der Waals surface area contributed by atoms with Gasteiger partial charge in [-0.05, 0) is 42.8 Å². The Kier molecular flexibility index (Phi) is 4.05. The zero-order valence-electron chi connectivity index (χ0n) is 10.8. The van der Waals surface area contributed by atoms with Gasteiger partial charge in [-0.2, -0.15) is 0 Å². The molecule has 1 heterocycles. The summed E-state index contributed by atoms with van der Waals surface area (Å²) in [6, 6.07) is 8.08. The molecule has 0 fully saturated rings. The zero-order valence-corrected chi connectivity index (χ0v) is 10.8. The van der Waals surface area contributed by atoms with Crippen LogP contribution in [-0.4, -0.2) is 23.6 Å². The molecule has 2 N–H and O–H groups in total. The first-order valence-electron chi connectivity index (χ1n) is 5.86. The van der Waals surface area contributed by atoms with Crippen LogP contribution in [0.5, 0.6) is 5.75 Å². The fourth-order valence-electron chi connectivity index (χ4n) is 1.60. The highest BCUT2D eigenvalue weighted by atomic mass is 16.5. The van der Waals surface area contributed by atoms with Crippen molar-refractivity contribution in [2.75, 3.05) is 11.9 Å². The van der Waals surface area contributed by atoms with Gasteiger partial charge in [0.1, 0.15) is 5.75 Å². The van der Waals surface area contributed by atoms with Crippen LogP contribution in [0.2, 0.25) is 0 Å². The summed E-state index contributed by atoms with van der Waals surface area (Å²) < 4.78 is 10.0. The minimum atomic E-state index is -1.04. The van der Waals surface area contributed by atoms with Gasteiger partial charge in [0, 0.05) is 5.69 Å². The second kappa shape index (κ2) is 5.92. The number of anilines is 1. The monoisotopic (exact) mass is 275 g/mol. The summed E-state index contributed by atoms with van der Waals surface area (Å²) >= 11 is 0. The summed E-state index contributed by atoms with van der Waals surface area (Å²) in [5.74, 6) is -0.744. The molecule has 0 unspecified atom stereocenters. The lowest BCUT2D eigenvalue weighted by Gasteiger charge is -2.09. The van der Waals surface area contributed by atoms with Crippen molar-refractivity contribution in [3.8, 4) is 5.75 Å². The molecule has 0 radical (unpaired) electrons. The standard InChI is InChI=1S/C14H13NO5/c1-9-7-10(20-8-13(16)17)4-5-11(9)15-14(18)12-3-2-6-19-12/h2-7H,8H2,1H3,(H,15,18)(H,16,17). The largest absolute Gasteiger partial charge is 0.482 e. The fourth-order valence-corrected chi connectivity index (χ4v) is 1.60. The van der Waals surface area contributed by atoms with E-state index in [1.807, 2.05) is 0 Å². The molecule has 0 saturated heterocycles. The van der Waals surface area contributed by atoms with E-state index in [4.69, 9.17) is 14.3 Å². The van der Waals surface area contributed by atoms with Gasteiger partial charge in [-0.25, -0.2) is 4.79 Å². The van der Waals surface area contributed by atoms with Crippen molar-refractivity contribution < 1.29 is 23.8 Å². The van der Waals surface area contributed by atoms with E-state index in [0.29, 0.717) is 11.4 Å². The molecule has 6 nitrogen and oxygen atoms in total. The van der Waals surface area contributed by atoms with E-state index in [0.717, 1.165) is 5.56 Å². The van der Waals surface area contributed by atoms with Crippen LogP contribution < -0.4 is 10.1 Å². The van der Waals surface area contributed by atoms with Gasteiger partial charge in [0.2, 0.25) is 0 Å². The Morgan fingerprint density at radius 3 is 2.75 bits per heavy atom. The zero-order chi connectivity index (χ0) is 14.5. The number of benzene rings is 1. The van der Waals surface area contributed by atoms with Crippen LogP contribution in [0.4, 0.5) is 5.69 Å². The number of nitrogens with one attached hydrogen (secondary N) is 1. The quantitative estimate of drug-likeness (QED) is 0.874. The predicted molar refractivity (Wildman–Crippen MR) is 71.0 cm³/mol. The van der Waals surface area contributed by atoms with Crippen LogP contribution in [0.1, 0.15) is 16.1 Å². The minimum absolute atomic E-state index is 0.218. The molecular formula is C14H13NO5. The smallest absolute Gasteiger partial charge is 0.341 e. The molecule has 1 aromatic heterocycles. The third-order valence-corrected chi connectivity index (χ3v) is 2.55. The van der Waals surface area contributed by atoms with E-state index >= 15 is 0 Å². The molecular weight excluding hydrogens is 262 g/mol. The van der Waals surface area contributed by atoms with Gasteiger partial charge in [0.05, 0.1) is 6.26 Å². The summed E-state index contributed by atoms with van der Waals surface area (Å²) in [6.45, 7) is 1.38. The minimum Gasteiger partial charge on any atom is -0.482 e. The number of rotatable bonds is 5. The molecule has 1 amide bonds. The van der Waals surface area contributed by atoms with Crippen molar-refractivity contribution in [2.45, 2.75) is 6.92 Å². The first-order valence-corrected chi connectivity index (χ1v) is 5.86. The molecule has 1 aromatic carbocycles. The van der Waals surface area contributed by atoms with E-state index in [1.165, 1.54) is 6.26 Å². The van der Waals surface area contributed by atoms with E-state index in [1.54, 1.807) is 37.3 Å². The van der Waals surface area contributed by atoms with E-state index in [2.05, 4.69) is 5.32 Å². The Morgan fingerprint density at radius 2 is 2.15 bits per heavy atom. The molecule has 104 valence electrons. The molecule has 2 aromatic rings. The first-order chi connectivity index (χ1) is 9.56. The number of carboxylic acid groups (broad SMARTS) is 1. The van der Waals surface area contributed by atoms with Crippen molar-refractivity contribution >= 4 is 17.6 Å². The van der Waals surface area contributed by atoms with Crippen LogP contribution in [0, 0.1) is 6.92 Å². The normalized spacial score (nSPS) is 10.1. The Morgan fingerprint density at radius 1 is 1.35 bits per heavy atom. The Balaban J connectivity index is 2.06. The van der Waals surface area contributed by atoms with Gasteiger partial charge in [-0.1, -0.05) is 0 Å². The topological polar surface area (TPSA) is 88.8 Å². The van der Waals surface area contributed by atoms with Gasteiger partial charge < -0.3 is 19.6 Å². The Hall–Kier alpha value is -2.76. The first kappa shape index (κ1) is 13.7. The SMILES string of the molecule is Cc1cc(OCC(=O)O)ccc1NC(=O)c1ccco1. The van der Waals surface area contributed by atoms with Crippen molar-refractivity contribution in [1.82, 2.24) is 0 Å². The van der Waals surface area contributed by atoms with Crippen LogP contribution in [0.3, 0.4) is 0 Å². The molecule has 20 heavy (non-hydrogen) atoms. The summed E-state index contributed by atoms with van der Waals surface area (Å²) in [6.07, 6.45) is 1.42. The van der Waals surface area contributed by atoms with E-state index in [9.17, 15) is 9.59 Å². The number of aryl methyl sites for hydroxylation is 1. The van der Waals surface area contributed by atoms with Crippen molar-refractivity contribution in [3.05, 3.63) is 47.9 Å². The Bertz CT molecular complexity index is 618. The lowest BCUT2D eigenvalue weighted by molar-refractivity contribution is -0.139. The average Bonchev–Trinajstić information content (AvgIpc) is 2.93. The third-order valence-electron chi connectivity index (χ3n) is 2.55. The summed E-state index contributed by atoms with van der Waals surface area (Å²) in [5, 5.41) is 11.2. The molecule has 0 aliphatic rings. The highest BCUT2D eigenvalue weighted by Gasteiger charge is 2.10. The lowest BCUT2D eigenvalue weighted by Crippen LogP contribution is -2.12. The number of aliphatic carboxylic acids is 1. The predicted octanol–water partition coefficient (Wildman–Crippen LogP) is 2.30. The van der Waals surface area contributed by atoms with Gasteiger partial charge in [0.25, 0.3) is 5.91 Å². The molecule has 6 heteroatoms. The number of carbonyl (C=O) groups excluding carboxylic acids is 1. The number of hydrogen-bond acceptors (Lipinski definition) is 4. The number of amides is 1. The van der Waals surface area contributed by atoms with Crippen LogP contribution in [0.15, 0.2) is 41.0 Å². The second-order valence-corrected chi connectivity index (χ2v) is 4.09. The number of carbonyl (C=O) groups is 2. The van der Waals surface area contributed by atoms with Crippen molar-refractivity contribution in [2.24, 2.45) is 0 Å². The Labute approximate surface area is 115 Å². The number of carboxylic acids is 1. The maximum absolute atomic E-state index is 11.8. The van der Waals surface area contributed by atoms with Gasteiger partial charge in [-0.3, -0.25) is 4.79 Å². The van der Waals surface area contributed by atoms with Gasteiger partial charge in [0.15, 0.2) is 12.4 Å². The molecule has 0 aliphatic carbocycles. The van der Waals surface area contributed by atoms with Crippen molar-refractivity contribution in [3.63, 3.8) is 0 Å². The van der Waals surface area contributed by atoms with E-state index < -0.39 is 12.6 Å². The highest BCUT2D eigenvalue weighted by molar-refractivity contribution is 6.02. The summed E-state index contributed by atoms with van der Waals surface area (Å²) in [5.41, 5.74) is 1.36. The molecule has 2 rings (SSSR count). The molecule has 0 saturated carbocycles. The second-order valence-electron chi connectivity index (χ2n) is 4.09. The highest BCUT2D eigenvalue weighted by Crippen LogP contribution is 2.22. The summed E-state index contributed by atoms with van der Waals surface area (Å²) in [7, 11) is 0. The van der Waals surface area contributed by atoms with Gasteiger partial charge in [-0.15, -0.1) is 0 Å². The number of ether oxygens (including phenoxy) is 1. The lowest BCUT2D eigenvalue weighted by atomic mass is 10.2. The average molecular weight is 275 g/mol. The number of hydrogen-bond donors (Lipinski definition) is 2. The third kappa shape index (κ3) is 3.38. The van der Waals surface area contributed by atoms with Crippen LogP contribution in [0.25, 0.3) is 0 Å².